The van der Waals surface area contributed by atoms with E-state index in [9.17, 15) is 0 Å². The summed E-state index contributed by atoms with van der Waals surface area (Å²) in [6, 6.07) is 10.4. The highest BCUT2D eigenvalue weighted by Crippen LogP contribution is 2.12. The van der Waals surface area contributed by atoms with Gasteiger partial charge in [-0.3, -0.25) is 4.98 Å². The lowest BCUT2D eigenvalue weighted by atomic mass is 10.1. The minimum atomic E-state index is 0.753. The molecule has 0 aliphatic heterocycles. The predicted molar refractivity (Wildman–Crippen MR) is 82.8 cm³/mol. The van der Waals surface area contributed by atoms with Gasteiger partial charge in [-0.1, -0.05) is 12.1 Å². The third kappa shape index (κ3) is 4.89. The predicted octanol–water partition coefficient (Wildman–Crippen LogP) is 1.90. The Morgan fingerprint density at radius 1 is 1.20 bits per heavy atom. The van der Waals surface area contributed by atoms with Crippen LogP contribution in [-0.2, 0) is 11.3 Å². The number of aromatic nitrogens is 1. The van der Waals surface area contributed by atoms with Crippen molar-refractivity contribution in [2.45, 2.75) is 6.54 Å². The lowest BCUT2D eigenvalue weighted by Gasteiger charge is -2.10. The van der Waals surface area contributed by atoms with E-state index in [-0.39, 0.29) is 0 Å². The van der Waals surface area contributed by atoms with Crippen molar-refractivity contribution in [2.75, 3.05) is 40.4 Å². The molecule has 2 rings (SSSR count). The number of likely N-dealkylation sites (N-methyl/N-ethyl adjacent to an activating group) is 1. The largest absolute Gasteiger partial charge is 0.379 e. The van der Waals surface area contributed by atoms with Gasteiger partial charge in [-0.2, -0.15) is 0 Å². The molecule has 0 aliphatic rings. The van der Waals surface area contributed by atoms with Gasteiger partial charge in [-0.05, 0) is 37.9 Å². The molecular formula is C16H23N3O. The van der Waals surface area contributed by atoms with E-state index in [4.69, 9.17) is 4.74 Å². The van der Waals surface area contributed by atoms with Crippen LogP contribution in [0.1, 0.15) is 5.56 Å². The van der Waals surface area contributed by atoms with Crippen LogP contribution >= 0.6 is 0 Å². The van der Waals surface area contributed by atoms with Crippen LogP contribution in [0.4, 0.5) is 0 Å². The minimum absolute atomic E-state index is 0.753. The topological polar surface area (TPSA) is 37.4 Å². The van der Waals surface area contributed by atoms with Crippen LogP contribution in [0.25, 0.3) is 10.9 Å². The zero-order valence-electron chi connectivity index (χ0n) is 12.3. The number of fused-ring (bicyclic) bond motifs is 1. The Hall–Kier alpha value is -1.49. The number of benzene rings is 1. The first-order valence-electron chi connectivity index (χ1n) is 7.02. The van der Waals surface area contributed by atoms with E-state index in [0.717, 1.165) is 38.4 Å². The zero-order chi connectivity index (χ0) is 14.2. The van der Waals surface area contributed by atoms with Crippen molar-refractivity contribution in [1.29, 1.82) is 0 Å². The Kier molecular flexibility index (Phi) is 5.92. The maximum absolute atomic E-state index is 5.54. The van der Waals surface area contributed by atoms with Gasteiger partial charge in [0.15, 0.2) is 0 Å². The van der Waals surface area contributed by atoms with E-state index in [0.29, 0.717) is 0 Å². The van der Waals surface area contributed by atoms with E-state index >= 15 is 0 Å². The van der Waals surface area contributed by atoms with Gasteiger partial charge < -0.3 is 15.0 Å². The summed E-state index contributed by atoms with van der Waals surface area (Å²) in [5, 5.41) is 4.58. The normalized spacial score (nSPS) is 11.3. The summed E-state index contributed by atoms with van der Waals surface area (Å²) >= 11 is 0. The molecular weight excluding hydrogens is 250 g/mol. The highest BCUT2D eigenvalue weighted by molar-refractivity contribution is 5.78. The van der Waals surface area contributed by atoms with Gasteiger partial charge in [0.05, 0.1) is 18.7 Å². The van der Waals surface area contributed by atoms with Crippen LogP contribution in [0.2, 0.25) is 0 Å². The highest BCUT2D eigenvalue weighted by atomic mass is 16.5. The summed E-state index contributed by atoms with van der Waals surface area (Å²) in [5.74, 6) is 0. The lowest BCUT2D eigenvalue weighted by molar-refractivity contribution is 0.119. The van der Waals surface area contributed by atoms with Crippen molar-refractivity contribution in [3.8, 4) is 0 Å². The van der Waals surface area contributed by atoms with E-state index < -0.39 is 0 Å². The second-order valence-corrected chi connectivity index (χ2v) is 5.12. The average Bonchev–Trinajstić information content (AvgIpc) is 2.46. The molecule has 1 aromatic heterocycles. The van der Waals surface area contributed by atoms with Crippen LogP contribution in [0.3, 0.4) is 0 Å². The Morgan fingerprint density at radius 2 is 2.10 bits per heavy atom. The molecule has 0 amide bonds. The first kappa shape index (κ1) is 14.9. The zero-order valence-corrected chi connectivity index (χ0v) is 12.3. The highest BCUT2D eigenvalue weighted by Gasteiger charge is 1.97. The third-order valence-corrected chi connectivity index (χ3v) is 3.10. The van der Waals surface area contributed by atoms with Crippen molar-refractivity contribution < 1.29 is 4.74 Å². The molecule has 108 valence electrons. The first-order chi connectivity index (χ1) is 9.75. The molecule has 1 heterocycles. The fraction of sp³-hybridized carbons (Fsp3) is 0.438. The summed E-state index contributed by atoms with van der Waals surface area (Å²) in [6.07, 6.45) is 1.82. The van der Waals surface area contributed by atoms with Gasteiger partial charge >= 0.3 is 0 Å². The van der Waals surface area contributed by atoms with Crippen molar-refractivity contribution in [3.05, 3.63) is 42.1 Å². The Balaban J connectivity index is 1.68. The fourth-order valence-electron chi connectivity index (χ4n) is 1.96. The maximum Gasteiger partial charge on any atom is 0.0702 e. The molecule has 0 bridgehead atoms. The van der Waals surface area contributed by atoms with E-state index in [1.807, 2.05) is 12.3 Å². The van der Waals surface area contributed by atoms with Crippen LogP contribution in [0.5, 0.6) is 0 Å². The van der Waals surface area contributed by atoms with Crippen molar-refractivity contribution >= 4 is 10.9 Å². The second kappa shape index (κ2) is 7.94. The van der Waals surface area contributed by atoms with Crippen LogP contribution < -0.4 is 5.32 Å². The summed E-state index contributed by atoms with van der Waals surface area (Å²) in [5.41, 5.74) is 2.32. The van der Waals surface area contributed by atoms with Gasteiger partial charge in [0.25, 0.3) is 0 Å². The monoisotopic (exact) mass is 273 g/mol. The molecule has 0 aliphatic carbocycles. The van der Waals surface area contributed by atoms with Crippen LogP contribution in [0.15, 0.2) is 36.5 Å². The summed E-state index contributed by atoms with van der Waals surface area (Å²) < 4.78 is 5.54. The SMILES string of the molecule is CN(C)CCOCCNCc1ccc2ncccc2c1. The van der Waals surface area contributed by atoms with Gasteiger partial charge in [0.2, 0.25) is 0 Å². The van der Waals surface area contributed by atoms with Crippen molar-refractivity contribution in [3.63, 3.8) is 0 Å². The molecule has 0 fully saturated rings. The number of ether oxygens (including phenoxy) is 1. The molecule has 2 aromatic rings. The number of nitrogens with one attached hydrogen (secondary N) is 1. The standard InChI is InChI=1S/C16H23N3O/c1-19(2)9-11-20-10-8-17-13-14-5-6-16-15(12-14)4-3-7-18-16/h3-7,12,17H,8-11,13H2,1-2H3. The fourth-order valence-corrected chi connectivity index (χ4v) is 1.96. The third-order valence-electron chi connectivity index (χ3n) is 3.10. The molecule has 4 nitrogen and oxygen atoms in total. The van der Waals surface area contributed by atoms with Gasteiger partial charge in [0, 0.05) is 31.2 Å². The quantitative estimate of drug-likeness (QED) is 0.746. The van der Waals surface area contributed by atoms with E-state index in [2.05, 4.69) is 53.6 Å². The molecule has 0 saturated heterocycles. The molecule has 0 saturated carbocycles. The van der Waals surface area contributed by atoms with E-state index in [1.54, 1.807) is 0 Å². The second-order valence-electron chi connectivity index (χ2n) is 5.12. The number of hydrogen-bond acceptors (Lipinski definition) is 4. The summed E-state index contributed by atoms with van der Waals surface area (Å²) in [6.45, 7) is 4.25. The van der Waals surface area contributed by atoms with Gasteiger partial charge in [-0.15, -0.1) is 0 Å². The van der Waals surface area contributed by atoms with Crippen LogP contribution in [-0.4, -0.2) is 50.3 Å². The molecule has 1 N–H and O–H groups in total. The van der Waals surface area contributed by atoms with Crippen molar-refractivity contribution in [2.24, 2.45) is 0 Å². The molecule has 1 aromatic carbocycles. The van der Waals surface area contributed by atoms with Crippen LogP contribution in [0, 0.1) is 0 Å². The molecule has 0 unspecified atom stereocenters. The Morgan fingerprint density at radius 3 is 2.95 bits per heavy atom. The smallest absolute Gasteiger partial charge is 0.0702 e. The maximum atomic E-state index is 5.54. The summed E-state index contributed by atoms with van der Waals surface area (Å²) in [7, 11) is 4.10. The molecule has 0 atom stereocenters. The molecule has 0 spiro atoms. The Labute approximate surface area is 120 Å². The van der Waals surface area contributed by atoms with Crippen molar-refractivity contribution in [1.82, 2.24) is 15.2 Å². The van der Waals surface area contributed by atoms with Gasteiger partial charge in [-0.25, -0.2) is 0 Å². The molecule has 20 heavy (non-hydrogen) atoms. The molecule has 0 radical (unpaired) electrons. The average molecular weight is 273 g/mol. The number of nitrogens with zero attached hydrogens (tertiary/aromatic N) is 2. The lowest BCUT2D eigenvalue weighted by Crippen LogP contribution is -2.23. The number of rotatable bonds is 8. The number of pyridine rings is 1. The summed E-state index contributed by atoms with van der Waals surface area (Å²) in [4.78, 5) is 6.44. The Bertz CT molecular complexity index is 528. The minimum Gasteiger partial charge on any atom is -0.379 e. The van der Waals surface area contributed by atoms with Gasteiger partial charge in [0.1, 0.15) is 0 Å². The molecule has 4 heteroatoms. The van der Waals surface area contributed by atoms with E-state index in [1.165, 1.54) is 10.9 Å². The number of hydrogen-bond donors (Lipinski definition) is 1. The first-order valence-corrected chi connectivity index (χ1v) is 7.02.